The molecular formula is C22H22F3N7O. The van der Waals surface area contributed by atoms with Crippen LogP contribution in [0.5, 0.6) is 5.75 Å². The van der Waals surface area contributed by atoms with Crippen LogP contribution in [0.25, 0.3) is 5.65 Å². The second-order valence-corrected chi connectivity index (χ2v) is 7.93. The fourth-order valence-corrected chi connectivity index (χ4v) is 4.09. The van der Waals surface area contributed by atoms with Gasteiger partial charge in [0.2, 0.25) is 0 Å². The van der Waals surface area contributed by atoms with E-state index in [0.29, 0.717) is 38.0 Å². The predicted molar refractivity (Wildman–Crippen MR) is 114 cm³/mol. The summed E-state index contributed by atoms with van der Waals surface area (Å²) in [5.74, 6) is 0.576. The van der Waals surface area contributed by atoms with E-state index in [9.17, 15) is 13.2 Å². The molecule has 0 bridgehead atoms. The molecule has 5 rings (SSSR count). The maximum absolute atomic E-state index is 13.1. The summed E-state index contributed by atoms with van der Waals surface area (Å²) in [7, 11) is 0. The Morgan fingerprint density at radius 1 is 1.00 bits per heavy atom. The lowest BCUT2D eigenvalue weighted by atomic mass is 9.89. The number of benzene rings is 1. The van der Waals surface area contributed by atoms with Crippen LogP contribution in [-0.4, -0.2) is 49.3 Å². The maximum atomic E-state index is 13.1. The molecule has 11 heteroatoms. The molecule has 8 nitrogen and oxygen atoms in total. The van der Waals surface area contributed by atoms with Crippen LogP contribution in [-0.2, 0) is 12.7 Å². The highest BCUT2D eigenvalue weighted by atomic mass is 19.4. The van der Waals surface area contributed by atoms with E-state index in [2.05, 4.69) is 32.5 Å². The number of ether oxygens (including phenoxy) is 1. The van der Waals surface area contributed by atoms with Crippen molar-refractivity contribution in [2.24, 2.45) is 0 Å². The van der Waals surface area contributed by atoms with Crippen LogP contribution in [0.4, 0.5) is 19.0 Å². The van der Waals surface area contributed by atoms with Gasteiger partial charge in [-0.25, -0.2) is 0 Å². The zero-order valence-electron chi connectivity index (χ0n) is 17.7. The molecule has 0 radical (unpaired) electrons. The van der Waals surface area contributed by atoms with E-state index >= 15 is 0 Å². The average Bonchev–Trinajstić information content (AvgIpc) is 3.49. The molecule has 1 fully saturated rings. The van der Waals surface area contributed by atoms with Gasteiger partial charge in [-0.3, -0.25) is 4.68 Å². The number of rotatable bonds is 6. The molecule has 3 aromatic heterocycles. The van der Waals surface area contributed by atoms with Gasteiger partial charge in [0, 0.05) is 25.5 Å². The van der Waals surface area contributed by atoms with E-state index < -0.39 is 12.0 Å². The van der Waals surface area contributed by atoms with Crippen LogP contribution >= 0.6 is 0 Å². The molecule has 0 spiro atoms. The van der Waals surface area contributed by atoms with Gasteiger partial charge < -0.3 is 9.64 Å². The third-order valence-corrected chi connectivity index (χ3v) is 5.82. The van der Waals surface area contributed by atoms with Crippen molar-refractivity contribution in [2.75, 3.05) is 24.6 Å². The Morgan fingerprint density at radius 2 is 1.79 bits per heavy atom. The van der Waals surface area contributed by atoms with Crippen molar-refractivity contribution in [1.29, 1.82) is 0 Å². The van der Waals surface area contributed by atoms with Crippen molar-refractivity contribution in [2.45, 2.75) is 31.5 Å². The normalized spacial score (nSPS) is 15.3. The molecule has 0 aliphatic carbocycles. The minimum absolute atomic E-state index is 0.0768. The molecule has 1 aliphatic heterocycles. The van der Waals surface area contributed by atoms with E-state index in [-0.39, 0.29) is 5.65 Å². The predicted octanol–water partition coefficient (Wildman–Crippen LogP) is 3.80. The molecule has 0 amide bonds. The van der Waals surface area contributed by atoms with Crippen LogP contribution in [0.2, 0.25) is 0 Å². The zero-order chi connectivity index (χ0) is 22.8. The van der Waals surface area contributed by atoms with E-state index in [1.807, 2.05) is 34.0 Å². The number of anilines is 1. The molecule has 0 N–H and O–H groups in total. The van der Waals surface area contributed by atoms with Gasteiger partial charge in [0.1, 0.15) is 18.2 Å². The Bertz CT molecular complexity index is 1200. The monoisotopic (exact) mass is 457 g/mol. The molecule has 0 saturated carbocycles. The molecule has 1 aliphatic rings. The van der Waals surface area contributed by atoms with E-state index in [1.54, 1.807) is 12.3 Å². The summed E-state index contributed by atoms with van der Waals surface area (Å²) in [5, 5.41) is 15.1. The molecular weight excluding hydrogens is 435 g/mol. The molecule has 33 heavy (non-hydrogen) atoms. The first-order valence-electron chi connectivity index (χ1n) is 10.7. The van der Waals surface area contributed by atoms with Gasteiger partial charge in [-0.2, -0.15) is 22.8 Å². The van der Waals surface area contributed by atoms with Crippen LogP contribution < -0.4 is 9.64 Å². The second-order valence-electron chi connectivity index (χ2n) is 7.93. The largest absolute Gasteiger partial charge is 0.492 e. The Hall–Kier alpha value is -3.63. The first kappa shape index (κ1) is 21.2. The second kappa shape index (κ2) is 8.72. The van der Waals surface area contributed by atoms with Gasteiger partial charge in [0.15, 0.2) is 5.65 Å². The summed E-state index contributed by atoms with van der Waals surface area (Å²) in [5.41, 5.74) is 1.31. The number of alkyl halides is 3. The molecule has 1 saturated heterocycles. The lowest BCUT2D eigenvalue weighted by Gasteiger charge is -2.33. The summed E-state index contributed by atoms with van der Waals surface area (Å²) >= 11 is 0. The summed E-state index contributed by atoms with van der Waals surface area (Å²) in [6.07, 6.45) is 0.797. The van der Waals surface area contributed by atoms with Gasteiger partial charge in [0.25, 0.3) is 5.82 Å². The van der Waals surface area contributed by atoms with E-state index in [4.69, 9.17) is 4.74 Å². The van der Waals surface area contributed by atoms with Gasteiger partial charge in [-0.05, 0) is 54.7 Å². The lowest BCUT2D eigenvalue weighted by Crippen LogP contribution is -2.34. The highest BCUT2D eigenvalue weighted by Gasteiger charge is 2.38. The summed E-state index contributed by atoms with van der Waals surface area (Å²) in [6.45, 7) is 2.63. The molecule has 0 unspecified atom stereocenters. The minimum Gasteiger partial charge on any atom is -0.492 e. The molecule has 1 aromatic carbocycles. The van der Waals surface area contributed by atoms with Crippen molar-refractivity contribution in [3.05, 3.63) is 66.2 Å². The van der Waals surface area contributed by atoms with Crippen molar-refractivity contribution in [3.63, 3.8) is 0 Å². The Balaban J connectivity index is 1.18. The average molecular weight is 457 g/mol. The zero-order valence-corrected chi connectivity index (χ0v) is 17.7. The first-order chi connectivity index (χ1) is 16.0. The van der Waals surface area contributed by atoms with E-state index in [0.717, 1.165) is 23.1 Å². The Labute approximate surface area is 187 Å². The summed E-state index contributed by atoms with van der Waals surface area (Å²) in [6, 6.07) is 13.2. The highest BCUT2D eigenvalue weighted by Crippen LogP contribution is 2.32. The standard InChI is InChI=1S/C22H22F3N7O/c23-22(24,25)21-28-27-19-6-7-20(29-32(19)21)30-12-8-17(9-13-30)16-2-4-18(5-3-16)33-15-14-31-11-1-10-26-31/h1-7,10-11,17H,8-9,12-15H2. The fraction of sp³-hybridized carbons (Fsp3) is 0.364. The molecule has 4 aromatic rings. The van der Waals surface area contributed by atoms with Crippen LogP contribution in [0.3, 0.4) is 0 Å². The molecule has 4 heterocycles. The number of halogens is 3. The fourth-order valence-electron chi connectivity index (χ4n) is 4.09. The van der Waals surface area contributed by atoms with Crippen molar-refractivity contribution >= 4 is 11.5 Å². The van der Waals surface area contributed by atoms with Gasteiger partial charge in [-0.1, -0.05) is 12.1 Å². The number of hydrogen-bond acceptors (Lipinski definition) is 6. The number of piperidine rings is 1. The Kier molecular flexibility index (Phi) is 5.61. The first-order valence-corrected chi connectivity index (χ1v) is 10.7. The molecule has 172 valence electrons. The number of aromatic nitrogens is 6. The Morgan fingerprint density at radius 3 is 2.48 bits per heavy atom. The lowest BCUT2D eigenvalue weighted by molar-refractivity contribution is -0.146. The van der Waals surface area contributed by atoms with Crippen LogP contribution in [0.1, 0.15) is 30.1 Å². The van der Waals surface area contributed by atoms with E-state index in [1.165, 1.54) is 11.6 Å². The molecule has 0 atom stereocenters. The third kappa shape index (κ3) is 4.62. The van der Waals surface area contributed by atoms with Crippen molar-refractivity contribution in [1.82, 2.24) is 29.6 Å². The van der Waals surface area contributed by atoms with Crippen LogP contribution in [0, 0.1) is 0 Å². The van der Waals surface area contributed by atoms with Crippen molar-refractivity contribution in [3.8, 4) is 5.75 Å². The van der Waals surface area contributed by atoms with Gasteiger partial charge >= 0.3 is 6.18 Å². The highest BCUT2D eigenvalue weighted by molar-refractivity contribution is 5.46. The van der Waals surface area contributed by atoms with Gasteiger partial charge in [0.05, 0.1) is 6.54 Å². The summed E-state index contributed by atoms with van der Waals surface area (Å²) in [4.78, 5) is 2.00. The number of fused-ring (bicyclic) bond motifs is 1. The van der Waals surface area contributed by atoms with Crippen molar-refractivity contribution < 1.29 is 17.9 Å². The number of nitrogens with zero attached hydrogens (tertiary/aromatic N) is 7. The SMILES string of the molecule is FC(F)(F)c1nnc2ccc(N3CCC(c4ccc(OCCn5cccn5)cc4)CC3)nn12. The number of hydrogen-bond donors (Lipinski definition) is 0. The minimum atomic E-state index is -4.60. The van der Waals surface area contributed by atoms with Gasteiger partial charge in [-0.15, -0.1) is 15.3 Å². The smallest absolute Gasteiger partial charge is 0.453 e. The third-order valence-electron chi connectivity index (χ3n) is 5.82. The topological polar surface area (TPSA) is 73.4 Å². The van der Waals surface area contributed by atoms with Crippen LogP contribution in [0.15, 0.2) is 54.9 Å². The quantitative estimate of drug-likeness (QED) is 0.439. The summed E-state index contributed by atoms with van der Waals surface area (Å²) < 4.78 is 47.8. The maximum Gasteiger partial charge on any atom is 0.453 e.